The van der Waals surface area contributed by atoms with Gasteiger partial charge in [-0.1, -0.05) is 33.1 Å². The highest BCUT2D eigenvalue weighted by molar-refractivity contribution is 5.76. The van der Waals surface area contributed by atoms with E-state index in [0.29, 0.717) is 37.2 Å². The Morgan fingerprint density at radius 1 is 1.22 bits per heavy atom. The van der Waals surface area contributed by atoms with E-state index in [1.54, 1.807) is 0 Å². The van der Waals surface area contributed by atoms with Crippen LogP contribution in [0.4, 0.5) is 11.5 Å². The van der Waals surface area contributed by atoms with Crippen LogP contribution in [0.1, 0.15) is 71.6 Å². The van der Waals surface area contributed by atoms with Crippen molar-refractivity contribution in [2.24, 2.45) is 0 Å². The van der Waals surface area contributed by atoms with Gasteiger partial charge in [-0.2, -0.15) is 4.98 Å². The van der Waals surface area contributed by atoms with Crippen LogP contribution in [-0.4, -0.2) is 36.6 Å². The Hall–Kier alpha value is -1.98. The zero-order valence-corrected chi connectivity index (χ0v) is 17.0. The molecule has 0 unspecified atom stereocenters. The molecule has 1 aliphatic carbocycles. The molecule has 0 aliphatic heterocycles. The summed E-state index contributed by atoms with van der Waals surface area (Å²) in [6, 6.07) is 4.22. The van der Waals surface area contributed by atoms with Gasteiger partial charge in [-0.05, 0) is 32.1 Å². The van der Waals surface area contributed by atoms with Gasteiger partial charge in [0.05, 0.1) is 6.61 Å². The quantitative estimate of drug-likeness (QED) is 0.573. The number of aromatic nitrogens is 1. The molecule has 1 fully saturated rings. The summed E-state index contributed by atoms with van der Waals surface area (Å²) in [5, 5.41) is 3.14. The minimum atomic E-state index is 0.129. The first-order valence-corrected chi connectivity index (χ1v) is 10.6. The molecule has 6 nitrogen and oxygen atoms in total. The molecule has 0 bridgehead atoms. The lowest BCUT2D eigenvalue weighted by Gasteiger charge is -2.24. The van der Waals surface area contributed by atoms with Gasteiger partial charge in [-0.3, -0.25) is 4.79 Å². The number of carbonyl (C=O) groups is 1. The molecule has 1 aromatic rings. The highest BCUT2D eigenvalue weighted by Gasteiger charge is 2.15. The summed E-state index contributed by atoms with van der Waals surface area (Å²) in [6.45, 7) is 6.78. The average Bonchev–Trinajstić information content (AvgIpc) is 2.65. The molecular formula is C21H36N4O2. The first kappa shape index (κ1) is 21.3. The Morgan fingerprint density at radius 2 is 1.93 bits per heavy atom. The third-order valence-corrected chi connectivity index (χ3v) is 4.93. The van der Waals surface area contributed by atoms with Crippen molar-refractivity contribution < 1.29 is 9.53 Å². The second-order valence-electron chi connectivity index (χ2n) is 7.43. The lowest BCUT2D eigenvalue weighted by atomic mass is 9.95. The van der Waals surface area contributed by atoms with Crippen molar-refractivity contribution in [2.75, 3.05) is 30.3 Å². The first-order chi connectivity index (χ1) is 13.1. The molecule has 0 spiro atoms. The average molecular weight is 377 g/mol. The predicted molar refractivity (Wildman–Crippen MR) is 111 cm³/mol. The summed E-state index contributed by atoms with van der Waals surface area (Å²) in [5.41, 5.74) is 7.02. The Balaban J connectivity index is 1.78. The highest BCUT2D eigenvalue weighted by Crippen LogP contribution is 2.23. The van der Waals surface area contributed by atoms with Gasteiger partial charge in [0.25, 0.3) is 0 Å². The molecule has 0 atom stereocenters. The highest BCUT2D eigenvalue weighted by atomic mass is 16.5. The van der Waals surface area contributed by atoms with Gasteiger partial charge in [0, 0.05) is 43.4 Å². The second kappa shape index (κ2) is 11.7. The van der Waals surface area contributed by atoms with E-state index in [9.17, 15) is 4.79 Å². The summed E-state index contributed by atoms with van der Waals surface area (Å²) < 4.78 is 5.78. The molecule has 1 saturated carbocycles. The van der Waals surface area contributed by atoms with Crippen molar-refractivity contribution in [3.8, 4) is 5.88 Å². The number of amides is 1. The van der Waals surface area contributed by atoms with Crippen LogP contribution in [0.2, 0.25) is 0 Å². The maximum Gasteiger partial charge on any atom is 0.220 e. The van der Waals surface area contributed by atoms with E-state index in [4.69, 9.17) is 10.5 Å². The van der Waals surface area contributed by atoms with Crippen molar-refractivity contribution in [2.45, 2.75) is 77.7 Å². The van der Waals surface area contributed by atoms with E-state index in [1.807, 2.05) is 12.1 Å². The fraction of sp³-hybridized carbons (Fsp3) is 0.714. The SMILES string of the molecule is CCCN(CCC)c1cc(N)nc(OCCCC(=O)NC2CCCCC2)c1. The normalized spacial score (nSPS) is 14.7. The van der Waals surface area contributed by atoms with Gasteiger partial charge in [0.1, 0.15) is 5.82 Å². The van der Waals surface area contributed by atoms with Crippen LogP contribution in [0.25, 0.3) is 0 Å². The summed E-state index contributed by atoms with van der Waals surface area (Å²) in [7, 11) is 0. The third kappa shape index (κ3) is 7.65. The van der Waals surface area contributed by atoms with Gasteiger partial charge in [-0.15, -0.1) is 0 Å². The van der Waals surface area contributed by atoms with E-state index in [2.05, 4.69) is 29.0 Å². The third-order valence-electron chi connectivity index (χ3n) is 4.93. The minimum absolute atomic E-state index is 0.129. The molecule has 1 amide bonds. The smallest absolute Gasteiger partial charge is 0.220 e. The van der Waals surface area contributed by atoms with Gasteiger partial charge < -0.3 is 20.7 Å². The fourth-order valence-electron chi connectivity index (χ4n) is 3.63. The Morgan fingerprint density at radius 3 is 2.59 bits per heavy atom. The number of nitrogens with one attached hydrogen (secondary N) is 1. The molecule has 152 valence electrons. The number of nitrogens with zero attached hydrogens (tertiary/aromatic N) is 2. The molecule has 1 aliphatic rings. The number of hydrogen-bond donors (Lipinski definition) is 2. The molecular weight excluding hydrogens is 340 g/mol. The molecule has 6 heteroatoms. The Kier molecular flexibility index (Phi) is 9.22. The molecule has 1 aromatic heterocycles. The first-order valence-electron chi connectivity index (χ1n) is 10.6. The second-order valence-corrected chi connectivity index (χ2v) is 7.43. The molecule has 2 rings (SSSR count). The van der Waals surface area contributed by atoms with E-state index in [0.717, 1.165) is 44.5 Å². The lowest BCUT2D eigenvalue weighted by Crippen LogP contribution is -2.36. The number of carbonyl (C=O) groups excluding carboxylic acids is 1. The standard InChI is InChI=1S/C21H36N4O2/c1-3-12-25(13-4-2)18-15-19(22)24-21(16-18)27-14-8-11-20(26)23-17-9-6-5-7-10-17/h15-17H,3-14H2,1-2H3,(H2,22,24)(H,23,26). The van der Waals surface area contributed by atoms with Gasteiger partial charge in [0.2, 0.25) is 11.8 Å². The van der Waals surface area contributed by atoms with Gasteiger partial charge >= 0.3 is 0 Å². The number of pyridine rings is 1. The molecule has 3 N–H and O–H groups in total. The van der Waals surface area contributed by atoms with E-state index >= 15 is 0 Å². The van der Waals surface area contributed by atoms with Crippen molar-refractivity contribution in [1.82, 2.24) is 10.3 Å². The van der Waals surface area contributed by atoms with Crippen molar-refractivity contribution in [3.05, 3.63) is 12.1 Å². The Bertz CT molecular complexity index is 567. The van der Waals surface area contributed by atoms with Crippen molar-refractivity contribution in [1.29, 1.82) is 0 Å². The van der Waals surface area contributed by atoms with Crippen LogP contribution in [0.15, 0.2) is 12.1 Å². The minimum Gasteiger partial charge on any atom is -0.478 e. The predicted octanol–water partition coefficient (Wildman–Crippen LogP) is 3.90. The zero-order valence-electron chi connectivity index (χ0n) is 17.0. The van der Waals surface area contributed by atoms with Crippen LogP contribution in [0, 0.1) is 0 Å². The summed E-state index contributed by atoms with van der Waals surface area (Å²) in [5.74, 6) is 1.13. The van der Waals surface area contributed by atoms with Crippen LogP contribution >= 0.6 is 0 Å². The van der Waals surface area contributed by atoms with E-state index in [1.165, 1.54) is 19.3 Å². The fourth-order valence-corrected chi connectivity index (χ4v) is 3.63. The van der Waals surface area contributed by atoms with Crippen LogP contribution in [0.3, 0.4) is 0 Å². The molecule has 27 heavy (non-hydrogen) atoms. The monoisotopic (exact) mass is 376 g/mol. The van der Waals surface area contributed by atoms with Crippen molar-refractivity contribution in [3.63, 3.8) is 0 Å². The number of anilines is 2. The molecule has 0 aromatic carbocycles. The zero-order chi connectivity index (χ0) is 19.5. The Labute approximate surface area is 163 Å². The van der Waals surface area contributed by atoms with Crippen LogP contribution in [-0.2, 0) is 4.79 Å². The summed E-state index contributed by atoms with van der Waals surface area (Å²) in [6.07, 6.45) is 9.30. The largest absolute Gasteiger partial charge is 0.478 e. The number of rotatable bonds is 11. The molecule has 1 heterocycles. The van der Waals surface area contributed by atoms with Gasteiger partial charge in [0.15, 0.2) is 0 Å². The maximum absolute atomic E-state index is 12.1. The summed E-state index contributed by atoms with van der Waals surface area (Å²) >= 11 is 0. The number of hydrogen-bond acceptors (Lipinski definition) is 5. The number of ether oxygens (including phenoxy) is 1. The lowest BCUT2D eigenvalue weighted by molar-refractivity contribution is -0.122. The molecule has 0 saturated heterocycles. The van der Waals surface area contributed by atoms with Crippen molar-refractivity contribution >= 4 is 17.4 Å². The van der Waals surface area contributed by atoms with E-state index in [-0.39, 0.29) is 5.91 Å². The van der Waals surface area contributed by atoms with Gasteiger partial charge in [-0.25, -0.2) is 0 Å². The summed E-state index contributed by atoms with van der Waals surface area (Å²) in [4.78, 5) is 18.6. The number of nitrogen functional groups attached to an aromatic ring is 1. The van der Waals surface area contributed by atoms with E-state index < -0.39 is 0 Å². The van der Waals surface area contributed by atoms with Crippen LogP contribution < -0.4 is 20.7 Å². The topological polar surface area (TPSA) is 80.5 Å². The molecule has 0 radical (unpaired) electrons. The van der Waals surface area contributed by atoms with Crippen LogP contribution in [0.5, 0.6) is 5.88 Å². The maximum atomic E-state index is 12.1. The number of nitrogens with two attached hydrogens (primary N) is 1.